The molecule has 0 amide bonds. The first-order valence-electron chi connectivity index (χ1n) is 4.41. The number of nitrogens with zero attached hydrogens (tertiary/aromatic N) is 4. The van der Waals surface area contributed by atoms with E-state index in [9.17, 15) is 0 Å². The molecule has 2 rings (SSSR count). The van der Waals surface area contributed by atoms with E-state index in [1.165, 1.54) is 0 Å². The van der Waals surface area contributed by atoms with E-state index >= 15 is 0 Å². The minimum absolute atomic E-state index is 0.737. The molecule has 2 heterocycles. The average molecular weight is 237 g/mol. The number of hydrogen-bond donors (Lipinski definition) is 0. The Bertz CT molecular complexity index is 536. The number of aromatic nitrogens is 4. The molecule has 0 atom stereocenters. The minimum Gasteiger partial charge on any atom is -0.350 e. The summed E-state index contributed by atoms with van der Waals surface area (Å²) in [6, 6.07) is 0. The predicted octanol–water partition coefficient (Wildman–Crippen LogP) is 1.36. The molecule has 0 saturated carbocycles. The molecule has 0 bridgehead atoms. The lowest BCUT2D eigenvalue weighted by Crippen LogP contribution is -2.16. The van der Waals surface area contributed by atoms with Crippen molar-refractivity contribution in [3.05, 3.63) is 34.3 Å². The van der Waals surface area contributed by atoms with Crippen molar-refractivity contribution in [1.82, 2.24) is 18.1 Å². The summed E-state index contributed by atoms with van der Waals surface area (Å²) in [5, 5.41) is 0. The van der Waals surface area contributed by atoms with E-state index in [1.54, 1.807) is 0 Å². The van der Waals surface area contributed by atoms with E-state index in [-0.39, 0.29) is 0 Å². The van der Waals surface area contributed by atoms with E-state index in [2.05, 4.69) is 0 Å². The van der Waals surface area contributed by atoms with Crippen molar-refractivity contribution in [1.29, 1.82) is 0 Å². The molecule has 15 heavy (non-hydrogen) atoms. The van der Waals surface area contributed by atoms with Crippen molar-refractivity contribution in [3.8, 4) is 0 Å². The Kier molecular flexibility index (Phi) is 2.66. The van der Waals surface area contributed by atoms with Crippen molar-refractivity contribution in [2.75, 3.05) is 0 Å². The summed E-state index contributed by atoms with van der Waals surface area (Å²) in [6.45, 7) is 0. The number of aryl methyl sites for hydroxylation is 2. The maximum atomic E-state index is 5.22. The summed E-state index contributed by atoms with van der Waals surface area (Å²) in [5.41, 5.74) is 0. The smallest absolute Gasteiger partial charge is 0.350 e. The van der Waals surface area contributed by atoms with Crippen LogP contribution in [0.2, 0.25) is 0 Å². The van der Waals surface area contributed by atoms with Gasteiger partial charge in [0.05, 0.1) is 0 Å². The third-order valence-corrected chi connectivity index (χ3v) is 3.19. The second-order valence-electron chi connectivity index (χ2n) is 3.31. The third kappa shape index (κ3) is 1.84. The van der Waals surface area contributed by atoms with E-state index in [0.717, 1.165) is 9.54 Å². The second kappa shape index (κ2) is 3.82. The van der Waals surface area contributed by atoms with Gasteiger partial charge in [-0.15, -0.1) is 0 Å². The molecule has 0 aromatic carbocycles. The Hall–Kier alpha value is -1.08. The first-order valence-corrected chi connectivity index (χ1v) is 5.23. The molecule has 0 fully saturated rings. The Morgan fingerprint density at radius 1 is 0.867 bits per heavy atom. The third-order valence-electron chi connectivity index (χ3n) is 2.20. The van der Waals surface area contributed by atoms with Crippen molar-refractivity contribution in [2.45, 2.75) is 0 Å². The van der Waals surface area contributed by atoms with Crippen LogP contribution in [-0.4, -0.2) is 25.6 Å². The molecule has 77 valence electrons. The molecule has 7 heteroatoms. The Balaban J connectivity index is 2.38. The van der Waals surface area contributed by atoms with Crippen LogP contribution in [0.15, 0.2) is 24.8 Å². The van der Waals surface area contributed by atoms with Crippen LogP contribution in [0.4, 0.5) is 0 Å². The zero-order valence-electron chi connectivity index (χ0n) is 8.49. The standard InChI is InChI=1S/C8H10BN4S2/c1-10-3-5-12(7(10)14)9-13-6-4-11(2)8(13)15/h3-6H,1-2H3. The van der Waals surface area contributed by atoms with Crippen LogP contribution < -0.4 is 0 Å². The number of hydrogen-bond acceptors (Lipinski definition) is 2. The zero-order chi connectivity index (χ0) is 11.0. The van der Waals surface area contributed by atoms with Gasteiger partial charge in [0.15, 0.2) is 9.54 Å². The van der Waals surface area contributed by atoms with Gasteiger partial charge in [-0.1, -0.05) is 0 Å². The fraction of sp³-hybridized carbons (Fsp3) is 0.250. The van der Waals surface area contributed by atoms with Crippen LogP contribution in [0.5, 0.6) is 0 Å². The number of rotatable bonds is 2. The normalized spacial score (nSPS) is 10.5. The molecule has 0 N–H and O–H groups in total. The molecule has 0 saturated heterocycles. The van der Waals surface area contributed by atoms with Crippen molar-refractivity contribution in [3.63, 3.8) is 0 Å². The van der Waals surface area contributed by atoms with Gasteiger partial charge in [0.1, 0.15) is 0 Å². The SMILES string of the molecule is Cn1ccn([B]n2ccn(C)c2=S)c1=S. The van der Waals surface area contributed by atoms with E-state index in [4.69, 9.17) is 24.4 Å². The monoisotopic (exact) mass is 237 g/mol. The van der Waals surface area contributed by atoms with E-state index in [1.807, 2.05) is 64.5 Å². The Morgan fingerprint density at radius 2 is 1.27 bits per heavy atom. The van der Waals surface area contributed by atoms with Gasteiger partial charge in [-0.05, 0) is 24.4 Å². The lowest BCUT2D eigenvalue weighted by molar-refractivity contribution is 0.863. The van der Waals surface area contributed by atoms with Crippen molar-refractivity contribution < 1.29 is 0 Å². The fourth-order valence-corrected chi connectivity index (χ4v) is 1.61. The molecule has 0 aliphatic carbocycles. The molecule has 2 aromatic rings. The van der Waals surface area contributed by atoms with Crippen LogP contribution >= 0.6 is 24.4 Å². The molecule has 0 aliphatic heterocycles. The maximum absolute atomic E-state index is 5.22. The topological polar surface area (TPSA) is 19.7 Å². The van der Waals surface area contributed by atoms with Gasteiger partial charge in [0, 0.05) is 38.9 Å². The summed E-state index contributed by atoms with van der Waals surface area (Å²) in [6.07, 6.45) is 7.62. The van der Waals surface area contributed by atoms with Crippen LogP contribution in [-0.2, 0) is 14.1 Å². The van der Waals surface area contributed by atoms with Gasteiger partial charge in [0.25, 0.3) is 0 Å². The molecule has 0 aliphatic rings. The van der Waals surface area contributed by atoms with Crippen LogP contribution in [0.3, 0.4) is 0 Å². The molecule has 0 spiro atoms. The summed E-state index contributed by atoms with van der Waals surface area (Å²) in [7, 11) is 5.69. The minimum atomic E-state index is 0.737. The van der Waals surface area contributed by atoms with E-state index < -0.39 is 0 Å². The summed E-state index contributed by atoms with van der Waals surface area (Å²) in [4.78, 5) is 0. The average Bonchev–Trinajstić information content (AvgIpc) is 2.68. The van der Waals surface area contributed by atoms with Crippen molar-refractivity contribution >= 4 is 32.0 Å². The Labute approximate surface area is 98.7 Å². The van der Waals surface area contributed by atoms with Crippen LogP contribution in [0, 0.1) is 9.54 Å². The summed E-state index contributed by atoms with van der Waals surface area (Å²) < 4.78 is 8.93. The van der Waals surface area contributed by atoms with Gasteiger partial charge in [-0.25, -0.2) is 0 Å². The molecular weight excluding hydrogens is 227 g/mol. The van der Waals surface area contributed by atoms with Gasteiger partial charge in [-0.2, -0.15) is 0 Å². The highest BCUT2D eigenvalue weighted by Gasteiger charge is 2.03. The van der Waals surface area contributed by atoms with Crippen molar-refractivity contribution in [2.24, 2.45) is 14.1 Å². The summed E-state index contributed by atoms with van der Waals surface area (Å²) in [5.74, 6) is 0. The lowest BCUT2D eigenvalue weighted by Gasteiger charge is -2.00. The molecule has 4 nitrogen and oxygen atoms in total. The molecule has 1 radical (unpaired) electrons. The van der Waals surface area contributed by atoms with Crippen LogP contribution in [0.1, 0.15) is 0 Å². The predicted molar refractivity (Wildman–Crippen MR) is 65.0 cm³/mol. The second-order valence-corrected chi connectivity index (χ2v) is 4.04. The first-order chi connectivity index (χ1) is 7.09. The molecular formula is C8H10BN4S2. The summed E-state index contributed by atoms with van der Waals surface area (Å²) >= 11 is 10.4. The van der Waals surface area contributed by atoms with Crippen LogP contribution in [0.25, 0.3) is 0 Å². The van der Waals surface area contributed by atoms with Gasteiger partial charge < -0.3 is 18.1 Å². The molecule has 2 aromatic heterocycles. The van der Waals surface area contributed by atoms with E-state index in [0.29, 0.717) is 0 Å². The largest absolute Gasteiger partial charge is 0.404 e. The molecule has 0 unspecified atom stereocenters. The van der Waals surface area contributed by atoms with Gasteiger partial charge in [-0.3, -0.25) is 0 Å². The highest BCUT2D eigenvalue weighted by molar-refractivity contribution is 7.71. The lowest BCUT2D eigenvalue weighted by atomic mass is 10.2. The maximum Gasteiger partial charge on any atom is 0.404 e. The van der Waals surface area contributed by atoms with Gasteiger partial charge >= 0.3 is 7.55 Å². The Morgan fingerprint density at radius 3 is 1.53 bits per heavy atom. The highest BCUT2D eigenvalue weighted by Crippen LogP contribution is 1.96. The quantitative estimate of drug-likeness (QED) is 0.580. The fourth-order valence-electron chi connectivity index (χ4n) is 1.27. The zero-order valence-corrected chi connectivity index (χ0v) is 10.1. The first kappa shape index (κ1) is 10.4. The van der Waals surface area contributed by atoms with Gasteiger partial charge in [0.2, 0.25) is 0 Å². The highest BCUT2D eigenvalue weighted by atomic mass is 32.1. The number of imidazole rings is 2.